The van der Waals surface area contributed by atoms with Crippen molar-refractivity contribution >= 4 is 29.2 Å². The van der Waals surface area contributed by atoms with Crippen molar-refractivity contribution < 1.29 is 9.47 Å². The number of methoxy groups -OCH3 is 1. The summed E-state index contributed by atoms with van der Waals surface area (Å²) in [6.07, 6.45) is 0. The number of hydrogen-bond acceptors (Lipinski definition) is 7. The molecule has 0 spiro atoms. The van der Waals surface area contributed by atoms with Crippen LogP contribution in [0.2, 0.25) is 10.0 Å². The lowest BCUT2D eigenvalue weighted by atomic mass is 10.2. The van der Waals surface area contributed by atoms with E-state index in [4.69, 9.17) is 38.4 Å². The van der Waals surface area contributed by atoms with Crippen molar-refractivity contribution in [2.45, 2.75) is 0 Å². The van der Waals surface area contributed by atoms with Gasteiger partial charge in [-0.25, -0.2) is 0 Å². The molecule has 1 heterocycles. The average molecular weight is 358 g/mol. The Morgan fingerprint density at radius 3 is 2.52 bits per heavy atom. The maximum absolute atomic E-state index is 6.24. The van der Waals surface area contributed by atoms with Crippen molar-refractivity contribution in [1.29, 1.82) is 0 Å². The van der Waals surface area contributed by atoms with Crippen LogP contribution in [-0.2, 0) is 0 Å². The van der Waals surface area contributed by atoms with Crippen molar-refractivity contribution in [1.82, 2.24) is 19.9 Å². The third-order valence-electron chi connectivity index (χ3n) is 2.87. The molecule has 0 amide bonds. The van der Waals surface area contributed by atoms with E-state index in [1.165, 1.54) is 7.11 Å². The summed E-state index contributed by atoms with van der Waals surface area (Å²) in [6.45, 7) is 1.23. The van der Waals surface area contributed by atoms with Crippen LogP contribution in [0.5, 0.6) is 11.8 Å². The molecule has 0 aliphatic carbocycles. The molecule has 2 aromatic rings. The first-order chi connectivity index (χ1) is 10.9. The first kappa shape index (κ1) is 17.5. The summed E-state index contributed by atoms with van der Waals surface area (Å²) < 4.78 is 10.7. The minimum atomic E-state index is 0.0351. The topological polar surface area (TPSA) is 86.4 Å². The summed E-state index contributed by atoms with van der Waals surface area (Å²) in [4.78, 5) is 14.1. The lowest BCUT2D eigenvalue weighted by Crippen LogP contribution is -2.19. The van der Waals surface area contributed by atoms with Gasteiger partial charge in [0.15, 0.2) is 5.82 Å². The Balaban J connectivity index is 2.36. The summed E-state index contributed by atoms with van der Waals surface area (Å²) in [7, 11) is 5.36. The number of nitrogens with two attached hydrogens (primary N) is 1. The third-order valence-corrected chi connectivity index (χ3v) is 3.48. The molecule has 0 radical (unpaired) electrons. The largest absolute Gasteiger partial charge is 0.491 e. The van der Waals surface area contributed by atoms with Crippen LogP contribution in [0, 0.1) is 0 Å². The number of likely N-dealkylation sites (N-methyl/N-ethyl adjacent to an activating group) is 1. The minimum absolute atomic E-state index is 0.0351. The number of benzene rings is 1. The molecule has 2 rings (SSSR count). The van der Waals surface area contributed by atoms with Crippen LogP contribution in [0.4, 0.5) is 5.95 Å². The van der Waals surface area contributed by atoms with E-state index in [9.17, 15) is 0 Å². The van der Waals surface area contributed by atoms with Crippen molar-refractivity contribution in [3.05, 3.63) is 22.2 Å². The van der Waals surface area contributed by atoms with Crippen LogP contribution < -0.4 is 15.2 Å². The molecule has 0 aliphatic heterocycles. The predicted octanol–water partition coefficient (Wildman–Crippen LogP) is 2.38. The maximum atomic E-state index is 6.24. The van der Waals surface area contributed by atoms with Crippen LogP contribution >= 0.6 is 23.2 Å². The van der Waals surface area contributed by atoms with E-state index in [0.29, 0.717) is 28.0 Å². The smallest absolute Gasteiger partial charge is 0.321 e. The normalized spacial score (nSPS) is 10.9. The summed E-state index contributed by atoms with van der Waals surface area (Å²) >= 11 is 12.4. The summed E-state index contributed by atoms with van der Waals surface area (Å²) in [6, 6.07) is 3.36. The molecule has 2 N–H and O–H groups in total. The molecule has 7 nitrogen and oxygen atoms in total. The van der Waals surface area contributed by atoms with E-state index in [-0.39, 0.29) is 17.8 Å². The van der Waals surface area contributed by atoms with Crippen LogP contribution in [0.3, 0.4) is 0 Å². The Hall–Kier alpha value is -1.83. The predicted molar refractivity (Wildman–Crippen MR) is 90.3 cm³/mol. The fourth-order valence-corrected chi connectivity index (χ4v) is 2.26. The van der Waals surface area contributed by atoms with Gasteiger partial charge in [0.2, 0.25) is 5.95 Å². The van der Waals surface area contributed by atoms with Gasteiger partial charge in [-0.1, -0.05) is 23.2 Å². The average Bonchev–Trinajstić information content (AvgIpc) is 2.48. The molecule has 0 unspecified atom stereocenters. The van der Waals surface area contributed by atoms with E-state index >= 15 is 0 Å². The van der Waals surface area contributed by atoms with Gasteiger partial charge in [-0.05, 0) is 26.2 Å². The van der Waals surface area contributed by atoms with Crippen molar-refractivity contribution in [2.75, 3.05) is 40.1 Å². The fourth-order valence-electron chi connectivity index (χ4n) is 1.73. The van der Waals surface area contributed by atoms with Gasteiger partial charge in [0.05, 0.1) is 17.2 Å². The first-order valence-corrected chi connectivity index (χ1v) is 7.48. The molecule has 0 fully saturated rings. The van der Waals surface area contributed by atoms with Gasteiger partial charge < -0.3 is 20.1 Å². The van der Waals surface area contributed by atoms with Crippen LogP contribution in [-0.4, -0.2) is 54.2 Å². The van der Waals surface area contributed by atoms with Crippen molar-refractivity contribution in [3.63, 3.8) is 0 Å². The van der Waals surface area contributed by atoms with Gasteiger partial charge in [0.1, 0.15) is 12.4 Å². The first-order valence-electron chi connectivity index (χ1n) is 6.73. The molecule has 0 aliphatic rings. The highest BCUT2D eigenvalue weighted by Crippen LogP contribution is 2.36. The maximum Gasteiger partial charge on any atom is 0.321 e. The van der Waals surface area contributed by atoms with Gasteiger partial charge >= 0.3 is 6.01 Å². The quantitative estimate of drug-likeness (QED) is 0.848. The van der Waals surface area contributed by atoms with Gasteiger partial charge in [-0.3, -0.25) is 0 Å². The van der Waals surface area contributed by atoms with E-state index in [1.807, 2.05) is 19.0 Å². The van der Waals surface area contributed by atoms with E-state index < -0.39 is 0 Å². The lowest BCUT2D eigenvalue weighted by molar-refractivity contribution is 0.261. The molecule has 9 heteroatoms. The van der Waals surface area contributed by atoms with Crippen molar-refractivity contribution in [2.24, 2.45) is 0 Å². The highest BCUT2D eigenvalue weighted by molar-refractivity contribution is 6.37. The van der Waals surface area contributed by atoms with E-state index in [0.717, 1.165) is 6.54 Å². The number of aromatic nitrogens is 3. The van der Waals surface area contributed by atoms with E-state index in [2.05, 4.69) is 15.0 Å². The number of nitrogens with zero attached hydrogens (tertiary/aromatic N) is 4. The lowest BCUT2D eigenvalue weighted by Gasteiger charge is -2.14. The standard InChI is InChI=1S/C14H17Cl2N5O2/c1-21(2)4-5-23-11-6-8(9(15)7-10(11)16)12-18-13(17)20-14(19-12)22-3/h6-7H,4-5H2,1-3H3,(H2,17,18,19,20). The number of hydrogen-bond donors (Lipinski definition) is 1. The summed E-state index contributed by atoms with van der Waals surface area (Å²) in [5.41, 5.74) is 6.19. The zero-order valence-electron chi connectivity index (χ0n) is 13.0. The molecular weight excluding hydrogens is 341 g/mol. The fraction of sp³-hybridized carbons (Fsp3) is 0.357. The zero-order valence-corrected chi connectivity index (χ0v) is 14.5. The Labute approximate surface area is 144 Å². The summed E-state index contributed by atoms with van der Waals surface area (Å²) in [5.74, 6) is 0.812. The number of ether oxygens (including phenoxy) is 2. The molecule has 124 valence electrons. The summed E-state index contributed by atoms with van der Waals surface area (Å²) in [5, 5.41) is 0.786. The molecule has 0 bridgehead atoms. The number of nitrogen functional groups attached to an aromatic ring is 1. The van der Waals surface area contributed by atoms with Crippen LogP contribution in [0.1, 0.15) is 0 Å². The Kier molecular flexibility index (Phi) is 5.81. The van der Waals surface area contributed by atoms with Gasteiger partial charge in [0.25, 0.3) is 0 Å². The number of rotatable bonds is 6. The second-order valence-corrected chi connectivity index (χ2v) is 5.73. The Morgan fingerprint density at radius 2 is 1.87 bits per heavy atom. The molecule has 0 saturated heterocycles. The molecule has 0 saturated carbocycles. The number of anilines is 1. The second-order valence-electron chi connectivity index (χ2n) is 4.92. The van der Waals surface area contributed by atoms with Gasteiger partial charge in [-0.2, -0.15) is 15.0 Å². The van der Waals surface area contributed by atoms with Gasteiger partial charge in [0, 0.05) is 12.1 Å². The molecule has 1 aromatic heterocycles. The highest BCUT2D eigenvalue weighted by atomic mass is 35.5. The Bertz CT molecular complexity index is 697. The SMILES string of the molecule is COc1nc(N)nc(-c2cc(OCCN(C)C)c(Cl)cc2Cl)n1. The highest BCUT2D eigenvalue weighted by Gasteiger charge is 2.15. The third kappa shape index (κ3) is 4.57. The second kappa shape index (κ2) is 7.63. The van der Waals surface area contributed by atoms with Crippen molar-refractivity contribution in [3.8, 4) is 23.1 Å². The van der Waals surface area contributed by atoms with Crippen LogP contribution in [0.15, 0.2) is 12.1 Å². The molecule has 1 aromatic carbocycles. The van der Waals surface area contributed by atoms with Crippen LogP contribution in [0.25, 0.3) is 11.4 Å². The minimum Gasteiger partial charge on any atom is -0.491 e. The molecule has 0 atom stereocenters. The number of halogens is 2. The molecule has 23 heavy (non-hydrogen) atoms. The monoisotopic (exact) mass is 357 g/mol. The van der Waals surface area contributed by atoms with Gasteiger partial charge in [-0.15, -0.1) is 0 Å². The molecular formula is C14H17Cl2N5O2. The zero-order chi connectivity index (χ0) is 17.0. The Morgan fingerprint density at radius 1 is 1.13 bits per heavy atom. The van der Waals surface area contributed by atoms with E-state index in [1.54, 1.807) is 12.1 Å².